The fourth-order valence-corrected chi connectivity index (χ4v) is 3.89. The Morgan fingerprint density at radius 2 is 1.91 bits per heavy atom. The van der Waals surface area contributed by atoms with Gasteiger partial charge in [0.25, 0.3) is 11.5 Å². The van der Waals surface area contributed by atoms with E-state index in [1.165, 1.54) is 9.96 Å². The SMILES string of the molecule is COCCCn1c(C(=O)Nc2ccc(C(C)C)cc2)cc2c(=O)n3cccc(C)c3nc21. The van der Waals surface area contributed by atoms with Crippen molar-refractivity contribution in [2.45, 2.75) is 39.7 Å². The molecule has 7 heteroatoms. The summed E-state index contributed by atoms with van der Waals surface area (Å²) in [5.41, 5.74) is 4.13. The number of carbonyl (C=O) groups excluding carboxylic acids is 1. The van der Waals surface area contributed by atoms with Gasteiger partial charge in [0.15, 0.2) is 0 Å². The van der Waals surface area contributed by atoms with Crippen LogP contribution in [0.5, 0.6) is 0 Å². The summed E-state index contributed by atoms with van der Waals surface area (Å²) in [6, 6.07) is 13.2. The highest BCUT2D eigenvalue weighted by Crippen LogP contribution is 2.21. The molecule has 0 bridgehead atoms. The number of methoxy groups -OCH3 is 1. The number of carbonyl (C=O) groups is 1. The molecule has 0 aliphatic carbocycles. The molecule has 0 radical (unpaired) electrons. The van der Waals surface area contributed by atoms with Gasteiger partial charge in [-0.05, 0) is 54.7 Å². The quantitative estimate of drug-likeness (QED) is 0.440. The largest absolute Gasteiger partial charge is 0.385 e. The Labute approximate surface area is 186 Å². The topological polar surface area (TPSA) is 77.6 Å². The van der Waals surface area contributed by atoms with Crippen LogP contribution in [0.2, 0.25) is 0 Å². The summed E-state index contributed by atoms with van der Waals surface area (Å²) in [6.07, 6.45) is 2.40. The van der Waals surface area contributed by atoms with E-state index in [4.69, 9.17) is 9.72 Å². The maximum atomic E-state index is 13.2. The van der Waals surface area contributed by atoms with Crippen LogP contribution in [0.4, 0.5) is 5.69 Å². The summed E-state index contributed by atoms with van der Waals surface area (Å²) >= 11 is 0. The van der Waals surface area contributed by atoms with Crippen LogP contribution in [-0.2, 0) is 11.3 Å². The summed E-state index contributed by atoms with van der Waals surface area (Å²) in [5.74, 6) is 0.141. The average Bonchev–Trinajstić information content (AvgIpc) is 3.14. The minimum absolute atomic E-state index is 0.186. The minimum Gasteiger partial charge on any atom is -0.385 e. The van der Waals surface area contributed by atoms with E-state index in [2.05, 4.69) is 19.2 Å². The maximum absolute atomic E-state index is 13.2. The van der Waals surface area contributed by atoms with Crippen LogP contribution in [0.1, 0.15) is 47.8 Å². The predicted octanol–water partition coefficient (Wildman–Crippen LogP) is 4.37. The van der Waals surface area contributed by atoms with Crippen molar-refractivity contribution in [1.29, 1.82) is 0 Å². The monoisotopic (exact) mass is 432 g/mol. The Morgan fingerprint density at radius 1 is 1.16 bits per heavy atom. The van der Waals surface area contributed by atoms with E-state index in [0.29, 0.717) is 53.6 Å². The third kappa shape index (κ3) is 4.03. The molecular formula is C25H28N4O3. The number of fused-ring (bicyclic) bond motifs is 2. The van der Waals surface area contributed by atoms with Crippen LogP contribution in [0.15, 0.2) is 53.5 Å². The van der Waals surface area contributed by atoms with Gasteiger partial charge < -0.3 is 14.6 Å². The molecule has 3 aromatic heterocycles. The van der Waals surface area contributed by atoms with Crippen LogP contribution in [0, 0.1) is 6.92 Å². The molecule has 4 aromatic rings. The first-order valence-electron chi connectivity index (χ1n) is 10.8. The molecular weight excluding hydrogens is 404 g/mol. The molecule has 0 saturated heterocycles. The number of aryl methyl sites for hydroxylation is 2. The van der Waals surface area contributed by atoms with Gasteiger partial charge in [0.2, 0.25) is 0 Å². The molecule has 1 N–H and O–H groups in total. The minimum atomic E-state index is -0.275. The van der Waals surface area contributed by atoms with Crippen molar-refractivity contribution in [3.8, 4) is 0 Å². The lowest BCUT2D eigenvalue weighted by molar-refractivity contribution is 0.101. The number of nitrogens with zero attached hydrogens (tertiary/aromatic N) is 3. The molecule has 0 atom stereocenters. The summed E-state index contributed by atoms with van der Waals surface area (Å²) in [6.45, 7) is 7.23. The third-order valence-corrected chi connectivity index (χ3v) is 5.69. The van der Waals surface area contributed by atoms with Crippen molar-refractivity contribution in [3.05, 3.63) is 75.8 Å². The fourth-order valence-electron chi connectivity index (χ4n) is 3.89. The molecule has 1 amide bonds. The first-order valence-corrected chi connectivity index (χ1v) is 10.8. The number of hydrogen-bond acceptors (Lipinski definition) is 4. The van der Waals surface area contributed by atoms with Gasteiger partial charge in [-0.25, -0.2) is 4.98 Å². The Balaban J connectivity index is 1.79. The Kier molecular flexibility index (Phi) is 6.10. The molecule has 0 fully saturated rings. The number of anilines is 1. The molecule has 0 spiro atoms. The predicted molar refractivity (Wildman–Crippen MR) is 127 cm³/mol. The van der Waals surface area contributed by atoms with Crippen molar-refractivity contribution < 1.29 is 9.53 Å². The third-order valence-electron chi connectivity index (χ3n) is 5.69. The van der Waals surface area contributed by atoms with Crippen LogP contribution in [0.25, 0.3) is 16.7 Å². The highest BCUT2D eigenvalue weighted by Gasteiger charge is 2.20. The molecule has 7 nitrogen and oxygen atoms in total. The second kappa shape index (κ2) is 8.96. The van der Waals surface area contributed by atoms with E-state index in [0.717, 1.165) is 5.56 Å². The summed E-state index contributed by atoms with van der Waals surface area (Å²) < 4.78 is 8.54. The van der Waals surface area contributed by atoms with E-state index in [1.54, 1.807) is 19.4 Å². The number of hydrogen-bond donors (Lipinski definition) is 1. The van der Waals surface area contributed by atoms with E-state index in [1.807, 2.05) is 47.9 Å². The van der Waals surface area contributed by atoms with Crippen molar-refractivity contribution >= 4 is 28.3 Å². The van der Waals surface area contributed by atoms with Gasteiger partial charge in [-0.15, -0.1) is 0 Å². The summed E-state index contributed by atoms with van der Waals surface area (Å²) in [4.78, 5) is 31.2. The molecule has 32 heavy (non-hydrogen) atoms. The zero-order valence-electron chi connectivity index (χ0n) is 18.9. The van der Waals surface area contributed by atoms with Gasteiger partial charge in [-0.3, -0.25) is 14.0 Å². The molecule has 166 valence electrons. The summed E-state index contributed by atoms with van der Waals surface area (Å²) in [5, 5.41) is 3.38. The van der Waals surface area contributed by atoms with Gasteiger partial charge in [0, 0.05) is 32.1 Å². The Bertz CT molecular complexity index is 1330. The van der Waals surface area contributed by atoms with Gasteiger partial charge in [-0.1, -0.05) is 32.0 Å². The van der Waals surface area contributed by atoms with Crippen molar-refractivity contribution in [1.82, 2.24) is 14.0 Å². The number of pyridine rings is 1. The molecule has 1 aromatic carbocycles. The molecule has 0 aliphatic heterocycles. The lowest BCUT2D eigenvalue weighted by Crippen LogP contribution is -2.18. The Morgan fingerprint density at radius 3 is 2.59 bits per heavy atom. The van der Waals surface area contributed by atoms with E-state index >= 15 is 0 Å². The van der Waals surface area contributed by atoms with Gasteiger partial charge in [0.05, 0.1) is 5.39 Å². The second-order valence-corrected chi connectivity index (χ2v) is 8.30. The average molecular weight is 433 g/mol. The van der Waals surface area contributed by atoms with Crippen LogP contribution in [-0.4, -0.2) is 33.6 Å². The van der Waals surface area contributed by atoms with Crippen LogP contribution in [0.3, 0.4) is 0 Å². The maximum Gasteiger partial charge on any atom is 0.272 e. The summed E-state index contributed by atoms with van der Waals surface area (Å²) in [7, 11) is 1.64. The van der Waals surface area contributed by atoms with Gasteiger partial charge in [-0.2, -0.15) is 0 Å². The lowest BCUT2D eigenvalue weighted by atomic mass is 10.0. The van der Waals surface area contributed by atoms with Crippen molar-refractivity contribution in [2.75, 3.05) is 19.0 Å². The standard InChI is InChI=1S/C25H28N4O3/c1-16(2)18-8-10-19(11-9-18)26-24(30)21-15-20-23(28(21)13-6-14-32-4)27-22-17(3)7-5-12-29(22)25(20)31/h5,7-12,15-16H,6,13-14H2,1-4H3,(H,26,30). The van der Waals surface area contributed by atoms with Gasteiger partial charge >= 0.3 is 0 Å². The normalized spacial score (nSPS) is 11.5. The highest BCUT2D eigenvalue weighted by molar-refractivity contribution is 6.06. The Hall–Kier alpha value is -3.45. The van der Waals surface area contributed by atoms with Crippen LogP contribution < -0.4 is 10.9 Å². The molecule has 4 rings (SSSR count). The zero-order valence-corrected chi connectivity index (χ0v) is 18.9. The fraction of sp³-hybridized carbons (Fsp3) is 0.320. The number of rotatable bonds is 7. The highest BCUT2D eigenvalue weighted by atomic mass is 16.5. The first kappa shape index (κ1) is 21.8. The number of amides is 1. The van der Waals surface area contributed by atoms with Crippen molar-refractivity contribution in [2.24, 2.45) is 0 Å². The lowest BCUT2D eigenvalue weighted by Gasteiger charge is -2.12. The second-order valence-electron chi connectivity index (χ2n) is 8.30. The molecule has 0 saturated carbocycles. The molecule has 0 unspecified atom stereocenters. The van der Waals surface area contributed by atoms with E-state index < -0.39 is 0 Å². The van der Waals surface area contributed by atoms with Crippen LogP contribution >= 0.6 is 0 Å². The molecule has 0 aliphatic rings. The number of benzene rings is 1. The number of aromatic nitrogens is 3. The number of nitrogens with one attached hydrogen (secondary N) is 1. The van der Waals surface area contributed by atoms with E-state index in [9.17, 15) is 9.59 Å². The van der Waals surface area contributed by atoms with Gasteiger partial charge in [0.1, 0.15) is 17.0 Å². The molecule has 3 heterocycles. The van der Waals surface area contributed by atoms with E-state index in [-0.39, 0.29) is 11.5 Å². The smallest absolute Gasteiger partial charge is 0.272 e. The zero-order chi connectivity index (χ0) is 22.8. The van der Waals surface area contributed by atoms with Crippen molar-refractivity contribution in [3.63, 3.8) is 0 Å². The first-order chi connectivity index (χ1) is 15.4. The number of ether oxygens (including phenoxy) is 1.